The summed E-state index contributed by atoms with van der Waals surface area (Å²) in [4.78, 5) is 23.2. The number of aryl methyl sites for hydroxylation is 1. The van der Waals surface area contributed by atoms with Gasteiger partial charge in [-0.25, -0.2) is 4.79 Å². The van der Waals surface area contributed by atoms with Crippen LogP contribution in [0.4, 0.5) is 5.69 Å². The molecule has 2 heterocycles. The molecule has 2 aromatic heterocycles. The molecule has 8 nitrogen and oxygen atoms in total. The second-order valence-electron chi connectivity index (χ2n) is 6.50. The van der Waals surface area contributed by atoms with E-state index in [9.17, 15) is 14.9 Å². The van der Waals surface area contributed by atoms with Crippen LogP contribution in [0, 0.1) is 17.0 Å². The van der Waals surface area contributed by atoms with Crippen molar-refractivity contribution in [1.29, 1.82) is 0 Å². The molecule has 0 N–H and O–H groups in total. The average Bonchev–Trinajstić information content (AvgIpc) is 2.72. The Morgan fingerprint density at radius 3 is 2.77 bits per heavy atom. The van der Waals surface area contributed by atoms with Crippen LogP contribution in [0.5, 0.6) is 11.6 Å². The maximum atomic E-state index is 12.7. The van der Waals surface area contributed by atoms with Gasteiger partial charge in [-0.05, 0) is 36.2 Å². The summed E-state index contributed by atoms with van der Waals surface area (Å²) in [6.07, 6.45) is 1.65. The molecule has 0 aliphatic heterocycles. The minimum Gasteiger partial charge on any atom is -0.437 e. The minimum absolute atomic E-state index is 0.00844. The summed E-state index contributed by atoms with van der Waals surface area (Å²) < 4.78 is 11.1. The lowest BCUT2D eigenvalue weighted by Gasteiger charge is -2.10. The van der Waals surface area contributed by atoms with Gasteiger partial charge < -0.3 is 9.15 Å². The van der Waals surface area contributed by atoms with Crippen molar-refractivity contribution in [3.63, 3.8) is 0 Å². The fraction of sp³-hybridized carbons (Fsp3) is 0.0952. The second-order valence-corrected chi connectivity index (χ2v) is 6.88. The Balaban J connectivity index is 1.72. The van der Waals surface area contributed by atoms with Gasteiger partial charge >= 0.3 is 5.63 Å². The topological polar surface area (TPSA) is 108 Å². The third-order valence-corrected chi connectivity index (χ3v) is 5.09. The number of rotatable bonds is 5. The van der Waals surface area contributed by atoms with E-state index in [2.05, 4.69) is 10.2 Å². The number of halogens is 1. The van der Waals surface area contributed by atoms with Crippen LogP contribution in [0.2, 0.25) is 5.02 Å². The number of nitrogens with zero attached hydrogens (tertiary/aromatic N) is 3. The molecule has 4 rings (SSSR count). The van der Waals surface area contributed by atoms with Crippen LogP contribution in [-0.2, 0) is 6.42 Å². The number of nitro groups is 1. The SMILES string of the molecule is Cc1c(Cc2cccc([N+](=O)[O-])c2Cl)c(=O)oc2cc(Oc3cccnn3)ccc12. The van der Waals surface area contributed by atoms with E-state index in [0.29, 0.717) is 33.9 Å². The van der Waals surface area contributed by atoms with Gasteiger partial charge in [-0.2, -0.15) is 5.10 Å². The number of nitro benzene ring substituents is 1. The van der Waals surface area contributed by atoms with Crippen molar-refractivity contribution in [1.82, 2.24) is 10.2 Å². The molecule has 2 aromatic carbocycles. The first-order valence-corrected chi connectivity index (χ1v) is 9.25. The van der Waals surface area contributed by atoms with Crippen LogP contribution in [-0.4, -0.2) is 15.1 Å². The summed E-state index contributed by atoms with van der Waals surface area (Å²) in [6.45, 7) is 1.79. The normalized spacial score (nSPS) is 10.9. The van der Waals surface area contributed by atoms with Crippen LogP contribution in [0.25, 0.3) is 11.0 Å². The zero-order valence-electron chi connectivity index (χ0n) is 15.7. The van der Waals surface area contributed by atoms with Crippen molar-refractivity contribution in [2.45, 2.75) is 13.3 Å². The quantitative estimate of drug-likeness (QED) is 0.257. The number of benzene rings is 2. The van der Waals surface area contributed by atoms with Gasteiger partial charge in [0.15, 0.2) is 0 Å². The molecule has 0 aliphatic rings. The first kappa shape index (κ1) is 19.5. The van der Waals surface area contributed by atoms with Gasteiger partial charge in [-0.15, -0.1) is 5.10 Å². The number of aromatic nitrogens is 2. The molecule has 0 saturated carbocycles. The second kappa shape index (κ2) is 7.92. The van der Waals surface area contributed by atoms with E-state index in [1.54, 1.807) is 43.3 Å². The molecule has 0 atom stereocenters. The molecule has 150 valence electrons. The Bertz CT molecular complexity index is 1320. The molecule has 30 heavy (non-hydrogen) atoms. The summed E-state index contributed by atoms with van der Waals surface area (Å²) in [5, 5.41) is 19.4. The maximum Gasteiger partial charge on any atom is 0.340 e. The van der Waals surface area contributed by atoms with Crippen LogP contribution < -0.4 is 10.4 Å². The smallest absolute Gasteiger partial charge is 0.340 e. The molecule has 0 fully saturated rings. The van der Waals surface area contributed by atoms with Crippen molar-refractivity contribution < 1.29 is 14.1 Å². The van der Waals surface area contributed by atoms with Gasteiger partial charge in [-0.3, -0.25) is 10.1 Å². The lowest BCUT2D eigenvalue weighted by molar-refractivity contribution is -0.384. The third-order valence-electron chi connectivity index (χ3n) is 4.65. The predicted molar refractivity (Wildman–Crippen MR) is 110 cm³/mol. The Morgan fingerprint density at radius 1 is 1.20 bits per heavy atom. The molecular formula is C21H14ClN3O5. The molecule has 4 aromatic rings. The molecule has 0 spiro atoms. The summed E-state index contributed by atoms with van der Waals surface area (Å²) in [5.74, 6) is 0.757. The fourth-order valence-corrected chi connectivity index (χ4v) is 3.40. The van der Waals surface area contributed by atoms with Gasteiger partial charge in [0, 0.05) is 41.8 Å². The van der Waals surface area contributed by atoms with Crippen LogP contribution in [0.15, 0.2) is 63.9 Å². The summed E-state index contributed by atoms with van der Waals surface area (Å²) >= 11 is 6.17. The molecule has 0 amide bonds. The third kappa shape index (κ3) is 3.72. The standard InChI is InChI=1S/C21H14ClN3O5/c1-12-15-8-7-14(29-19-6-3-9-23-24-19)11-18(15)30-21(26)16(12)10-13-4-2-5-17(20(13)22)25(27)28/h2-9,11H,10H2,1H3. The average molecular weight is 424 g/mol. The van der Waals surface area contributed by atoms with Crippen molar-refractivity contribution in [3.8, 4) is 11.6 Å². The number of hydrogen-bond donors (Lipinski definition) is 0. The van der Waals surface area contributed by atoms with E-state index in [4.69, 9.17) is 20.8 Å². The minimum atomic E-state index is -0.555. The molecule has 9 heteroatoms. The molecule has 0 aliphatic carbocycles. The molecule has 0 bridgehead atoms. The van der Waals surface area contributed by atoms with Gasteiger partial charge in [0.2, 0.25) is 5.88 Å². The Labute approximate surface area is 174 Å². The first-order valence-electron chi connectivity index (χ1n) is 8.87. The van der Waals surface area contributed by atoms with Crippen molar-refractivity contribution in [2.24, 2.45) is 0 Å². The Hall–Kier alpha value is -3.78. The van der Waals surface area contributed by atoms with Crippen LogP contribution in [0.3, 0.4) is 0 Å². The number of fused-ring (bicyclic) bond motifs is 1. The van der Waals surface area contributed by atoms with Gasteiger partial charge in [0.25, 0.3) is 5.69 Å². The highest BCUT2D eigenvalue weighted by atomic mass is 35.5. The molecule has 0 unspecified atom stereocenters. The Morgan fingerprint density at radius 2 is 2.03 bits per heavy atom. The van der Waals surface area contributed by atoms with E-state index in [1.165, 1.54) is 18.3 Å². The fourth-order valence-electron chi connectivity index (χ4n) is 3.14. The van der Waals surface area contributed by atoms with E-state index in [1.807, 2.05) is 0 Å². The molecule has 0 saturated heterocycles. The highest BCUT2D eigenvalue weighted by Crippen LogP contribution is 2.31. The summed E-state index contributed by atoms with van der Waals surface area (Å²) in [7, 11) is 0. The monoisotopic (exact) mass is 423 g/mol. The maximum absolute atomic E-state index is 12.7. The number of ether oxygens (including phenoxy) is 1. The van der Waals surface area contributed by atoms with Gasteiger partial charge in [0.1, 0.15) is 16.4 Å². The molecule has 0 radical (unpaired) electrons. The Kier molecular flexibility index (Phi) is 5.16. The lowest BCUT2D eigenvalue weighted by Crippen LogP contribution is -2.11. The van der Waals surface area contributed by atoms with Crippen LogP contribution >= 0.6 is 11.6 Å². The largest absolute Gasteiger partial charge is 0.437 e. The van der Waals surface area contributed by atoms with E-state index < -0.39 is 10.5 Å². The van der Waals surface area contributed by atoms with Crippen molar-refractivity contribution in [3.05, 3.63) is 97.0 Å². The van der Waals surface area contributed by atoms with E-state index >= 15 is 0 Å². The number of hydrogen-bond acceptors (Lipinski definition) is 7. The zero-order chi connectivity index (χ0) is 21.3. The van der Waals surface area contributed by atoms with Crippen molar-refractivity contribution >= 4 is 28.3 Å². The summed E-state index contributed by atoms with van der Waals surface area (Å²) in [6, 6.07) is 13.0. The van der Waals surface area contributed by atoms with Gasteiger partial charge in [-0.1, -0.05) is 23.7 Å². The summed E-state index contributed by atoms with van der Waals surface area (Å²) in [5.41, 5.74) is 1.17. The first-order chi connectivity index (χ1) is 14.4. The van der Waals surface area contributed by atoms with E-state index in [-0.39, 0.29) is 17.1 Å². The van der Waals surface area contributed by atoms with Gasteiger partial charge in [0.05, 0.1) is 4.92 Å². The lowest BCUT2D eigenvalue weighted by atomic mass is 9.99. The van der Waals surface area contributed by atoms with Crippen LogP contribution in [0.1, 0.15) is 16.7 Å². The predicted octanol–water partition coefficient (Wildman–Crippen LogP) is 4.84. The highest BCUT2D eigenvalue weighted by Gasteiger charge is 2.19. The van der Waals surface area contributed by atoms with Crippen molar-refractivity contribution in [2.75, 3.05) is 0 Å². The zero-order valence-corrected chi connectivity index (χ0v) is 16.4. The van der Waals surface area contributed by atoms with E-state index in [0.717, 1.165) is 5.39 Å². The highest BCUT2D eigenvalue weighted by molar-refractivity contribution is 6.33. The molecular weight excluding hydrogens is 410 g/mol.